The Morgan fingerprint density at radius 3 is 1.79 bits per heavy atom. The van der Waals surface area contributed by atoms with Crippen molar-refractivity contribution in [1.29, 1.82) is 0 Å². The van der Waals surface area contributed by atoms with Crippen molar-refractivity contribution in [3.8, 4) is 16.8 Å². The molecule has 2 nitrogen and oxygen atoms in total. The first-order valence-corrected chi connectivity index (χ1v) is 19.5. The van der Waals surface area contributed by atoms with Crippen molar-refractivity contribution in [2.24, 2.45) is 5.92 Å². The van der Waals surface area contributed by atoms with Crippen LogP contribution in [0.4, 0.5) is 0 Å². The van der Waals surface area contributed by atoms with Gasteiger partial charge in [-0.05, 0) is 136 Å². The van der Waals surface area contributed by atoms with E-state index in [2.05, 4.69) is 173 Å². The number of allylic oxidation sites excluding steroid dienone is 9. The van der Waals surface area contributed by atoms with Crippen LogP contribution in [0.1, 0.15) is 143 Å². The Morgan fingerprint density at radius 2 is 1.34 bits per heavy atom. The normalized spacial score (nSPS) is 11.2. The molecule has 0 aliphatic rings. The summed E-state index contributed by atoms with van der Waals surface area (Å²) < 4.78 is 2.25. The Labute approximate surface area is 327 Å². The second kappa shape index (κ2) is 24.7. The van der Waals surface area contributed by atoms with Crippen molar-refractivity contribution in [3.63, 3.8) is 0 Å². The molecule has 0 spiro atoms. The van der Waals surface area contributed by atoms with Crippen molar-refractivity contribution in [2.45, 2.75) is 131 Å². The van der Waals surface area contributed by atoms with Crippen molar-refractivity contribution >= 4 is 16.7 Å². The molecule has 2 heteroatoms. The molecule has 0 atom stereocenters. The molecule has 288 valence electrons. The summed E-state index contributed by atoms with van der Waals surface area (Å²) in [5, 5.41) is 0. The van der Waals surface area contributed by atoms with Gasteiger partial charge in [0.15, 0.2) is 0 Å². The quantitative estimate of drug-likeness (QED) is 0.150. The molecule has 0 saturated carbocycles. The van der Waals surface area contributed by atoms with Crippen LogP contribution in [0.2, 0.25) is 0 Å². The van der Waals surface area contributed by atoms with E-state index in [0.29, 0.717) is 0 Å². The molecule has 0 radical (unpaired) electrons. The summed E-state index contributed by atoms with van der Waals surface area (Å²) in [6.45, 7) is 38.3. The van der Waals surface area contributed by atoms with E-state index in [4.69, 9.17) is 4.98 Å². The summed E-state index contributed by atoms with van der Waals surface area (Å²) in [5.41, 5.74) is 17.1. The maximum Gasteiger partial charge on any atom is 0.144 e. The van der Waals surface area contributed by atoms with Gasteiger partial charge in [0.05, 0.1) is 5.69 Å². The van der Waals surface area contributed by atoms with Crippen molar-refractivity contribution in [3.05, 3.63) is 148 Å². The van der Waals surface area contributed by atoms with E-state index in [1.54, 1.807) is 0 Å². The monoisotopic (exact) mass is 715 g/mol. The lowest BCUT2D eigenvalue weighted by Gasteiger charge is -2.21. The Balaban J connectivity index is 0.00000220. The first-order chi connectivity index (χ1) is 24.9. The molecule has 0 unspecified atom stereocenters. The van der Waals surface area contributed by atoms with Crippen LogP contribution in [0.3, 0.4) is 0 Å². The lowest BCUT2D eigenvalue weighted by Crippen LogP contribution is -2.05. The average molecular weight is 715 g/mol. The standard InChI is InChI=1S/C40H44N2.C6H14.2C2H6.CH4/c1-11-15-27(5)37(26(3)4)35-21-20-34(39-30(8)18-14-19-31(39)9)25-36(35)42-23-22-41-40(42)33(12-2)24-32(10)38-28(6)16-13-17-29(38)7;1-4-6(3)5-2;2*1-2;/h11-25H,1H2,2-10H3;6H,4-5H2,1-3H3;2*1-2H3;1H4/b27-15-,32-24+,33-12+;;;;. The molecule has 0 aliphatic heterocycles. The van der Waals surface area contributed by atoms with Crippen LogP contribution in [-0.2, 0) is 0 Å². The number of aryl methyl sites for hydroxylation is 4. The van der Waals surface area contributed by atoms with Gasteiger partial charge in [0.2, 0.25) is 0 Å². The van der Waals surface area contributed by atoms with Crippen LogP contribution in [0.15, 0.2) is 109 Å². The van der Waals surface area contributed by atoms with E-state index in [-0.39, 0.29) is 7.43 Å². The van der Waals surface area contributed by atoms with Crippen molar-refractivity contribution in [1.82, 2.24) is 9.55 Å². The predicted molar refractivity (Wildman–Crippen MR) is 243 cm³/mol. The highest BCUT2D eigenvalue weighted by Crippen LogP contribution is 2.37. The van der Waals surface area contributed by atoms with E-state index in [9.17, 15) is 0 Å². The zero-order valence-electron chi connectivity index (χ0n) is 35.8. The maximum absolute atomic E-state index is 4.92. The number of rotatable bonds is 10. The third-order valence-electron chi connectivity index (χ3n) is 9.41. The van der Waals surface area contributed by atoms with Gasteiger partial charge >= 0.3 is 0 Å². The molecule has 4 aromatic rings. The maximum atomic E-state index is 4.92. The number of hydrogen-bond donors (Lipinski definition) is 0. The summed E-state index contributed by atoms with van der Waals surface area (Å²) in [4.78, 5) is 4.92. The molecular formula is C51H74N2. The SMILES string of the molecule is C.C=C/C=C(/C)C(=C(C)C)c1ccc(-c2c(C)cccc2C)cc1-n1ccnc1C(/C=C(\C)c1c(C)cccc1C)=C/C.CC.CC.CCC(C)CC. The number of nitrogens with zero attached hydrogens (tertiary/aromatic N) is 2. The number of imidazole rings is 1. The molecule has 0 saturated heterocycles. The Kier molecular flexibility index (Phi) is 22.7. The minimum atomic E-state index is 0. The van der Waals surface area contributed by atoms with Gasteiger partial charge in [-0.1, -0.05) is 148 Å². The Bertz CT molecular complexity index is 1800. The highest BCUT2D eigenvalue weighted by atomic mass is 15.1. The number of hydrogen-bond acceptors (Lipinski definition) is 1. The van der Waals surface area contributed by atoms with Crippen LogP contribution in [0, 0.1) is 33.6 Å². The van der Waals surface area contributed by atoms with Gasteiger partial charge in [0.1, 0.15) is 5.82 Å². The van der Waals surface area contributed by atoms with Gasteiger partial charge in [-0.25, -0.2) is 4.98 Å². The van der Waals surface area contributed by atoms with E-state index < -0.39 is 0 Å². The minimum Gasteiger partial charge on any atom is -0.299 e. The fraction of sp³-hybridized carbons (Fsp3) is 0.392. The van der Waals surface area contributed by atoms with Gasteiger partial charge in [0, 0.05) is 23.5 Å². The van der Waals surface area contributed by atoms with Crippen LogP contribution in [0.5, 0.6) is 0 Å². The third-order valence-corrected chi connectivity index (χ3v) is 9.41. The van der Waals surface area contributed by atoms with Crippen LogP contribution in [-0.4, -0.2) is 9.55 Å². The molecule has 3 aromatic carbocycles. The van der Waals surface area contributed by atoms with Gasteiger partial charge in [-0.15, -0.1) is 0 Å². The summed E-state index contributed by atoms with van der Waals surface area (Å²) >= 11 is 0. The zero-order chi connectivity index (χ0) is 39.5. The second-order valence-corrected chi connectivity index (χ2v) is 13.3. The molecule has 0 fully saturated rings. The number of aromatic nitrogens is 2. The van der Waals surface area contributed by atoms with E-state index in [0.717, 1.165) is 23.0 Å². The Morgan fingerprint density at radius 1 is 0.811 bits per heavy atom. The zero-order valence-corrected chi connectivity index (χ0v) is 35.8. The fourth-order valence-corrected chi connectivity index (χ4v) is 6.52. The molecule has 53 heavy (non-hydrogen) atoms. The predicted octanol–water partition coefficient (Wildman–Crippen LogP) is 16.3. The van der Waals surface area contributed by atoms with Crippen LogP contribution >= 0.6 is 0 Å². The molecule has 0 amide bonds. The third kappa shape index (κ3) is 12.9. The molecule has 1 heterocycles. The van der Waals surface area contributed by atoms with Gasteiger partial charge < -0.3 is 0 Å². The second-order valence-electron chi connectivity index (χ2n) is 13.3. The molecule has 0 N–H and O–H groups in total. The van der Waals surface area contributed by atoms with Gasteiger partial charge in [0.25, 0.3) is 0 Å². The van der Waals surface area contributed by atoms with Crippen molar-refractivity contribution in [2.75, 3.05) is 0 Å². The molecular weight excluding hydrogens is 641 g/mol. The average Bonchev–Trinajstić information content (AvgIpc) is 3.62. The Hall–Kier alpha value is -4.43. The topological polar surface area (TPSA) is 17.8 Å². The minimum absolute atomic E-state index is 0. The van der Waals surface area contributed by atoms with E-state index in [1.165, 1.54) is 79.6 Å². The van der Waals surface area contributed by atoms with E-state index >= 15 is 0 Å². The van der Waals surface area contributed by atoms with Crippen LogP contribution < -0.4 is 0 Å². The molecule has 1 aromatic heterocycles. The molecule has 0 aliphatic carbocycles. The summed E-state index contributed by atoms with van der Waals surface area (Å²) in [7, 11) is 0. The largest absolute Gasteiger partial charge is 0.299 e. The summed E-state index contributed by atoms with van der Waals surface area (Å²) in [5.74, 6) is 1.85. The highest BCUT2D eigenvalue weighted by Gasteiger charge is 2.19. The van der Waals surface area contributed by atoms with Crippen molar-refractivity contribution < 1.29 is 0 Å². The lowest BCUT2D eigenvalue weighted by atomic mass is 9.89. The van der Waals surface area contributed by atoms with Gasteiger partial charge in [-0.2, -0.15) is 0 Å². The first kappa shape index (κ1) is 48.6. The summed E-state index contributed by atoms with van der Waals surface area (Å²) in [6.07, 6.45) is 15.0. The van der Waals surface area contributed by atoms with Gasteiger partial charge in [-0.3, -0.25) is 4.57 Å². The fourth-order valence-electron chi connectivity index (χ4n) is 6.52. The highest BCUT2D eigenvalue weighted by molar-refractivity contribution is 5.88. The first-order valence-electron chi connectivity index (χ1n) is 19.5. The molecule has 0 bridgehead atoms. The van der Waals surface area contributed by atoms with Crippen LogP contribution in [0.25, 0.3) is 33.5 Å². The van der Waals surface area contributed by atoms with E-state index in [1.807, 2.05) is 40.0 Å². The molecule has 4 rings (SSSR count). The lowest BCUT2D eigenvalue weighted by molar-refractivity contribution is 0.544. The smallest absolute Gasteiger partial charge is 0.144 e. The summed E-state index contributed by atoms with van der Waals surface area (Å²) in [6, 6.07) is 19.9. The number of benzene rings is 3.